The number of ether oxygens (including phenoxy) is 1. The van der Waals surface area contributed by atoms with E-state index in [2.05, 4.69) is 6.58 Å². The summed E-state index contributed by atoms with van der Waals surface area (Å²) in [6.07, 6.45) is 2.89. The van der Waals surface area contributed by atoms with Gasteiger partial charge in [-0.25, -0.2) is 9.18 Å². The second-order valence-corrected chi connectivity index (χ2v) is 4.41. The second kappa shape index (κ2) is 7.25. The SMILES string of the molecule is C=C(C)CC/C(=C\C)C(=O)Oc1ccc(C#N)c(F)c1. The lowest BCUT2D eigenvalue weighted by atomic mass is 10.1. The van der Waals surface area contributed by atoms with E-state index in [4.69, 9.17) is 10.00 Å². The molecule has 1 aromatic carbocycles. The predicted molar refractivity (Wildman–Crippen MR) is 74.6 cm³/mol. The first-order valence-corrected chi connectivity index (χ1v) is 6.19. The third-order valence-corrected chi connectivity index (χ3v) is 2.70. The zero-order chi connectivity index (χ0) is 15.1. The van der Waals surface area contributed by atoms with E-state index in [1.54, 1.807) is 19.1 Å². The summed E-state index contributed by atoms with van der Waals surface area (Å²) in [6, 6.07) is 5.41. The Morgan fingerprint density at radius 2 is 2.20 bits per heavy atom. The normalized spacial score (nSPS) is 10.8. The first-order chi connectivity index (χ1) is 9.47. The van der Waals surface area contributed by atoms with Crippen LogP contribution in [0.4, 0.5) is 4.39 Å². The van der Waals surface area contributed by atoms with Gasteiger partial charge in [0.1, 0.15) is 17.6 Å². The molecule has 0 fully saturated rings. The number of esters is 1. The topological polar surface area (TPSA) is 50.1 Å². The molecule has 0 aliphatic heterocycles. The van der Waals surface area contributed by atoms with Crippen LogP contribution in [0.5, 0.6) is 5.75 Å². The van der Waals surface area contributed by atoms with Crippen LogP contribution in [0.25, 0.3) is 0 Å². The van der Waals surface area contributed by atoms with Crippen LogP contribution in [-0.2, 0) is 4.79 Å². The van der Waals surface area contributed by atoms with Gasteiger partial charge >= 0.3 is 5.97 Å². The Kier molecular flexibility index (Phi) is 5.67. The molecule has 20 heavy (non-hydrogen) atoms. The summed E-state index contributed by atoms with van der Waals surface area (Å²) in [4.78, 5) is 11.9. The fourth-order valence-electron chi connectivity index (χ4n) is 1.53. The van der Waals surface area contributed by atoms with Crippen molar-refractivity contribution in [1.29, 1.82) is 5.26 Å². The van der Waals surface area contributed by atoms with E-state index in [1.807, 2.05) is 6.92 Å². The van der Waals surface area contributed by atoms with E-state index < -0.39 is 11.8 Å². The highest BCUT2D eigenvalue weighted by atomic mass is 19.1. The van der Waals surface area contributed by atoms with Gasteiger partial charge in [0.2, 0.25) is 0 Å². The number of nitriles is 1. The maximum absolute atomic E-state index is 13.4. The number of hydrogen-bond acceptors (Lipinski definition) is 3. The maximum Gasteiger partial charge on any atom is 0.339 e. The molecule has 0 N–H and O–H groups in total. The molecule has 0 atom stereocenters. The average molecular weight is 273 g/mol. The molecular weight excluding hydrogens is 257 g/mol. The molecule has 1 aromatic rings. The van der Waals surface area contributed by atoms with E-state index in [9.17, 15) is 9.18 Å². The molecule has 3 nitrogen and oxygen atoms in total. The number of carbonyl (C=O) groups excluding carboxylic acids is 1. The summed E-state index contributed by atoms with van der Waals surface area (Å²) in [7, 11) is 0. The molecule has 0 aliphatic carbocycles. The molecule has 0 saturated heterocycles. The Hall–Kier alpha value is -2.41. The lowest BCUT2D eigenvalue weighted by molar-refractivity contribution is -0.130. The minimum atomic E-state index is -0.707. The molecule has 1 rings (SSSR count). The molecule has 0 spiro atoms. The number of allylic oxidation sites excluding steroid dienone is 2. The number of carbonyl (C=O) groups is 1. The van der Waals surface area contributed by atoms with E-state index in [1.165, 1.54) is 12.1 Å². The summed E-state index contributed by atoms with van der Waals surface area (Å²) >= 11 is 0. The molecule has 104 valence electrons. The molecule has 0 heterocycles. The summed E-state index contributed by atoms with van der Waals surface area (Å²) in [6.45, 7) is 7.40. The van der Waals surface area contributed by atoms with Crippen molar-refractivity contribution in [2.75, 3.05) is 0 Å². The molecule has 0 aromatic heterocycles. The summed E-state index contributed by atoms with van der Waals surface area (Å²) in [5.41, 5.74) is 1.40. The molecular formula is C16H16FNO2. The van der Waals surface area contributed by atoms with Crippen LogP contribution in [0.15, 0.2) is 42.0 Å². The fraction of sp³-hybridized carbons (Fsp3) is 0.250. The van der Waals surface area contributed by atoms with Gasteiger partial charge in [0.05, 0.1) is 5.56 Å². The van der Waals surface area contributed by atoms with Crippen LogP contribution in [0.1, 0.15) is 32.3 Å². The van der Waals surface area contributed by atoms with E-state index in [0.717, 1.165) is 11.6 Å². The van der Waals surface area contributed by atoms with Crippen molar-refractivity contribution in [1.82, 2.24) is 0 Å². The van der Waals surface area contributed by atoms with Crippen molar-refractivity contribution < 1.29 is 13.9 Å². The Morgan fingerprint density at radius 1 is 1.50 bits per heavy atom. The van der Waals surface area contributed by atoms with Crippen LogP contribution in [0.3, 0.4) is 0 Å². The Morgan fingerprint density at radius 3 is 2.70 bits per heavy atom. The summed E-state index contributed by atoms with van der Waals surface area (Å²) < 4.78 is 18.5. The Labute approximate surface area is 118 Å². The van der Waals surface area contributed by atoms with Crippen molar-refractivity contribution in [3.05, 3.63) is 53.4 Å². The molecule has 0 saturated carbocycles. The summed E-state index contributed by atoms with van der Waals surface area (Å²) in [5, 5.41) is 8.62. The first-order valence-electron chi connectivity index (χ1n) is 6.19. The number of hydrogen-bond donors (Lipinski definition) is 0. The van der Waals surface area contributed by atoms with Crippen LogP contribution in [0.2, 0.25) is 0 Å². The van der Waals surface area contributed by atoms with Gasteiger partial charge in [0.25, 0.3) is 0 Å². The van der Waals surface area contributed by atoms with Gasteiger partial charge in [0, 0.05) is 11.6 Å². The van der Waals surface area contributed by atoms with Gasteiger partial charge in [-0.3, -0.25) is 0 Å². The minimum Gasteiger partial charge on any atom is -0.423 e. The highest BCUT2D eigenvalue weighted by Gasteiger charge is 2.12. The molecule has 0 bridgehead atoms. The molecule has 0 unspecified atom stereocenters. The smallest absolute Gasteiger partial charge is 0.339 e. The number of benzene rings is 1. The lowest BCUT2D eigenvalue weighted by Crippen LogP contribution is -2.11. The number of nitrogens with zero attached hydrogens (tertiary/aromatic N) is 1. The van der Waals surface area contributed by atoms with Gasteiger partial charge in [-0.2, -0.15) is 5.26 Å². The Balaban J connectivity index is 2.77. The van der Waals surface area contributed by atoms with E-state index in [-0.39, 0.29) is 11.3 Å². The van der Waals surface area contributed by atoms with Gasteiger partial charge in [-0.15, -0.1) is 6.58 Å². The van der Waals surface area contributed by atoms with Crippen molar-refractivity contribution in [3.8, 4) is 11.8 Å². The van der Waals surface area contributed by atoms with Crippen LogP contribution >= 0.6 is 0 Å². The maximum atomic E-state index is 13.4. The van der Waals surface area contributed by atoms with Crippen molar-refractivity contribution >= 4 is 5.97 Å². The zero-order valence-electron chi connectivity index (χ0n) is 11.6. The second-order valence-electron chi connectivity index (χ2n) is 4.41. The van der Waals surface area contributed by atoms with Gasteiger partial charge in [0.15, 0.2) is 0 Å². The van der Waals surface area contributed by atoms with Gasteiger partial charge in [-0.05, 0) is 38.8 Å². The third kappa shape index (κ3) is 4.36. The van der Waals surface area contributed by atoms with Crippen LogP contribution in [0, 0.1) is 17.1 Å². The standard InChI is InChI=1S/C16H16FNO2/c1-4-12(6-5-11(2)3)16(19)20-14-8-7-13(10-18)15(17)9-14/h4,7-9H,2,5-6H2,1,3H3/b12-4+. The molecule has 0 amide bonds. The van der Waals surface area contributed by atoms with Crippen molar-refractivity contribution in [2.24, 2.45) is 0 Å². The lowest BCUT2D eigenvalue weighted by Gasteiger charge is -2.08. The molecule has 0 aliphatic rings. The van der Waals surface area contributed by atoms with Crippen LogP contribution < -0.4 is 4.74 Å². The van der Waals surface area contributed by atoms with Crippen molar-refractivity contribution in [2.45, 2.75) is 26.7 Å². The highest BCUT2D eigenvalue weighted by molar-refractivity contribution is 5.90. The average Bonchev–Trinajstić information content (AvgIpc) is 2.39. The minimum absolute atomic E-state index is 0.0844. The van der Waals surface area contributed by atoms with Crippen LogP contribution in [-0.4, -0.2) is 5.97 Å². The quantitative estimate of drug-likeness (QED) is 0.354. The summed E-state index contributed by atoms with van der Waals surface area (Å²) in [5.74, 6) is -1.14. The fourth-order valence-corrected chi connectivity index (χ4v) is 1.53. The molecule has 0 radical (unpaired) electrons. The van der Waals surface area contributed by atoms with Gasteiger partial charge in [-0.1, -0.05) is 11.6 Å². The first kappa shape index (κ1) is 15.6. The largest absolute Gasteiger partial charge is 0.423 e. The highest BCUT2D eigenvalue weighted by Crippen LogP contribution is 2.19. The predicted octanol–water partition coefficient (Wildman–Crippen LogP) is 3.91. The zero-order valence-corrected chi connectivity index (χ0v) is 11.6. The third-order valence-electron chi connectivity index (χ3n) is 2.70. The van der Waals surface area contributed by atoms with E-state index in [0.29, 0.717) is 18.4 Å². The number of halogens is 1. The van der Waals surface area contributed by atoms with Crippen molar-refractivity contribution in [3.63, 3.8) is 0 Å². The monoisotopic (exact) mass is 273 g/mol. The van der Waals surface area contributed by atoms with E-state index >= 15 is 0 Å². The Bertz CT molecular complexity index is 597. The van der Waals surface area contributed by atoms with Gasteiger partial charge < -0.3 is 4.74 Å². The molecule has 4 heteroatoms. The number of rotatable bonds is 5.